The molecule has 0 amide bonds. The zero-order chi connectivity index (χ0) is 14.1. The lowest BCUT2D eigenvalue weighted by Gasteiger charge is -2.06. The van der Waals surface area contributed by atoms with Crippen LogP contribution in [0.1, 0.15) is 16.7 Å². The van der Waals surface area contributed by atoms with E-state index in [1.807, 2.05) is 10.8 Å². The largest absolute Gasteiger partial charge is 0.392 e. The molecule has 3 rings (SSSR count). The SMILES string of the molecule is Cc1ccc(Cn2cc(CO)c3cc(F)ccc32)cc1. The third-order valence-electron chi connectivity index (χ3n) is 3.57. The van der Waals surface area contributed by atoms with E-state index in [0.717, 1.165) is 16.5 Å². The van der Waals surface area contributed by atoms with Gasteiger partial charge < -0.3 is 9.67 Å². The molecule has 3 aromatic rings. The second-order valence-electron chi connectivity index (χ2n) is 5.09. The van der Waals surface area contributed by atoms with E-state index in [1.54, 1.807) is 6.07 Å². The highest BCUT2D eigenvalue weighted by molar-refractivity contribution is 5.84. The summed E-state index contributed by atoms with van der Waals surface area (Å²) >= 11 is 0. The van der Waals surface area contributed by atoms with Crippen molar-refractivity contribution < 1.29 is 9.50 Å². The van der Waals surface area contributed by atoms with Gasteiger partial charge in [-0.3, -0.25) is 0 Å². The minimum absolute atomic E-state index is 0.0825. The number of aliphatic hydroxyl groups excluding tert-OH is 1. The minimum Gasteiger partial charge on any atom is -0.392 e. The van der Waals surface area contributed by atoms with E-state index in [-0.39, 0.29) is 12.4 Å². The van der Waals surface area contributed by atoms with Crippen LogP contribution in [0.15, 0.2) is 48.7 Å². The number of hydrogen-bond donors (Lipinski definition) is 1. The van der Waals surface area contributed by atoms with Crippen molar-refractivity contribution in [2.45, 2.75) is 20.1 Å². The molecule has 0 atom stereocenters. The lowest BCUT2D eigenvalue weighted by atomic mass is 10.1. The summed E-state index contributed by atoms with van der Waals surface area (Å²) in [5.41, 5.74) is 4.10. The molecule has 0 saturated heterocycles. The van der Waals surface area contributed by atoms with E-state index in [0.29, 0.717) is 6.54 Å². The Morgan fingerprint density at radius 3 is 2.55 bits per heavy atom. The van der Waals surface area contributed by atoms with Crippen LogP contribution >= 0.6 is 0 Å². The first kappa shape index (κ1) is 12.9. The zero-order valence-corrected chi connectivity index (χ0v) is 11.3. The first-order valence-corrected chi connectivity index (χ1v) is 6.61. The molecule has 0 radical (unpaired) electrons. The lowest BCUT2D eigenvalue weighted by Crippen LogP contribution is -1.97. The topological polar surface area (TPSA) is 25.2 Å². The summed E-state index contributed by atoms with van der Waals surface area (Å²) < 4.78 is 15.4. The molecule has 2 nitrogen and oxygen atoms in total. The second-order valence-corrected chi connectivity index (χ2v) is 5.09. The monoisotopic (exact) mass is 269 g/mol. The van der Waals surface area contributed by atoms with Gasteiger partial charge in [0, 0.05) is 29.2 Å². The zero-order valence-electron chi connectivity index (χ0n) is 11.3. The van der Waals surface area contributed by atoms with E-state index in [4.69, 9.17) is 0 Å². The third kappa shape index (κ3) is 2.32. The van der Waals surface area contributed by atoms with Gasteiger partial charge in [-0.25, -0.2) is 4.39 Å². The fraction of sp³-hybridized carbons (Fsp3) is 0.176. The number of fused-ring (bicyclic) bond motifs is 1. The summed E-state index contributed by atoms with van der Waals surface area (Å²) in [4.78, 5) is 0. The third-order valence-corrected chi connectivity index (χ3v) is 3.57. The summed E-state index contributed by atoms with van der Waals surface area (Å²) in [6.07, 6.45) is 1.89. The second kappa shape index (κ2) is 5.10. The Labute approximate surface area is 117 Å². The molecule has 0 aliphatic rings. The fourth-order valence-electron chi connectivity index (χ4n) is 2.49. The van der Waals surface area contributed by atoms with Crippen molar-refractivity contribution in [3.63, 3.8) is 0 Å². The molecule has 102 valence electrons. The molecule has 1 aromatic heterocycles. The van der Waals surface area contributed by atoms with Crippen molar-refractivity contribution in [2.24, 2.45) is 0 Å². The number of hydrogen-bond acceptors (Lipinski definition) is 1. The lowest BCUT2D eigenvalue weighted by molar-refractivity contribution is 0.283. The predicted octanol–water partition coefficient (Wildman–Crippen LogP) is 3.63. The van der Waals surface area contributed by atoms with E-state index < -0.39 is 0 Å². The highest BCUT2D eigenvalue weighted by Crippen LogP contribution is 2.23. The van der Waals surface area contributed by atoms with Crippen molar-refractivity contribution in [2.75, 3.05) is 0 Å². The average Bonchev–Trinajstić information content (AvgIpc) is 2.78. The van der Waals surface area contributed by atoms with Crippen LogP contribution < -0.4 is 0 Å². The number of aliphatic hydroxyl groups is 1. The molecule has 3 heteroatoms. The van der Waals surface area contributed by atoms with Crippen LogP contribution in [0.2, 0.25) is 0 Å². The van der Waals surface area contributed by atoms with Gasteiger partial charge in [0.2, 0.25) is 0 Å². The smallest absolute Gasteiger partial charge is 0.123 e. The molecule has 0 aliphatic carbocycles. The van der Waals surface area contributed by atoms with Crippen molar-refractivity contribution in [3.05, 3.63) is 71.2 Å². The Balaban J connectivity index is 2.05. The van der Waals surface area contributed by atoms with Gasteiger partial charge in [0.05, 0.1) is 6.61 Å². The fourth-order valence-corrected chi connectivity index (χ4v) is 2.49. The number of benzene rings is 2. The predicted molar refractivity (Wildman–Crippen MR) is 78.1 cm³/mol. The number of aryl methyl sites for hydroxylation is 1. The van der Waals surface area contributed by atoms with Gasteiger partial charge in [0.25, 0.3) is 0 Å². The standard InChI is InChI=1S/C17H16FNO/c1-12-2-4-13(5-3-12)9-19-10-14(11-20)16-8-15(18)6-7-17(16)19/h2-8,10,20H,9,11H2,1H3. The first-order valence-electron chi connectivity index (χ1n) is 6.61. The van der Waals surface area contributed by atoms with E-state index >= 15 is 0 Å². The number of nitrogens with zero attached hydrogens (tertiary/aromatic N) is 1. The van der Waals surface area contributed by atoms with Gasteiger partial charge >= 0.3 is 0 Å². The summed E-state index contributed by atoms with van der Waals surface area (Å²) in [6.45, 7) is 2.69. The summed E-state index contributed by atoms with van der Waals surface area (Å²) in [5.74, 6) is -0.278. The van der Waals surface area contributed by atoms with Crippen LogP contribution in [0.3, 0.4) is 0 Å². The Morgan fingerprint density at radius 2 is 1.85 bits per heavy atom. The van der Waals surface area contributed by atoms with Gasteiger partial charge in [-0.1, -0.05) is 29.8 Å². The van der Waals surface area contributed by atoms with Gasteiger partial charge in [-0.15, -0.1) is 0 Å². The first-order chi connectivity index (χ1) is 9.67. The molecule has 0 fully saturated rings. The van der Waals surface area contributed by atoms with Crippen LogP contribution in [0, 0.1) is 12.7 Å². The van der Waals surface area contributed by atoms with Gasteiger partial charge in [-0.05, 0) is 30.7 Å². The maximum Gasteiger partial charge on any atom is 0.123 e. The number of halogens is 1. The highest BCUT2D eigenvalue weighted by atomic mass is 19.1. The Morgan fingerprint density at radius 1 is 1.10 bits per heavy atom. The van der Waals surface area contributed by atoms with Crippen LogP contribution in [-0.2, 0) is 13.2 Å². The molecule has 1 heterocycles. The molecule has 0 spiro atoms. The summed E-state index contributed by atoms with van der Waals surface area (Å²) in [6, 6.07) is 13.0. The molecular formula is C17H16FNO. The highest BCUT2D eigenvalue weighted by Gasteiger charge is 2.09. The van der Waals surface area contributed by atoms with Gasteiger partial charge in [-0.2, -0.15) is 0 Å². The van der Waals surface area contributed by atoms with Crippen LogP contribution in [0.25, 0.3) is 10.9 Å². The molecule has 0 aliphatic heterocycles. The van der Waals surface area contributed by atoms with E-state index in [2.05, 4.69) is 31.2 Å². The Bertz CT molecular complexity index is 744. The van der Waals surface area contributed by atoms with Gasteiger partial charge in [0.15, 0.2) is 0 Å². The van der Waals surface area contributed by atoms with Crippen LogP contribution in [-0.4, -0.2) is 9.67 Å². The van der Waals surface area contributed by atoms with Gasteiger partial charge in [0.1, 0.15) is 5.82 Å². The molecule has 0 saturated carbocycles. The van der Waals surface area contributed by atoms with Crippen LogP contribution in [0.4, 0.5) is 4.39 Å². The molecule has 0 bridgehead atoms. The minimum atomic E-state index is -0.278. The van der Waals surface area contributed by atoms with Crippen molar-refractivity contribution >= 4 is 10.9 Å². The summed E-state index contributed by atoms with van der Waals surface area (Å²) in [5, 5.41) is 10.2. The quantitative estimate of drug-likeness (QED) is 0.771. The van der Waals surface area contributed by atoms with Crippen LogP contribution in [0.5, 0.6) is 0 Å². The number of aromatic nitrogens is 1. The maximum atomic E-state index is 13.3. The maximum absolute atomic E-state index is 13.3. The van der Waals surface area contributed by atoms with E-state index in [1.165, 1.54) is 23.3 Å². The molecule has 1 N–H and O–H groups in total. The molecule has 2 aromatic carbocycles. The van der Waals surface area contributed by atoms with Crippen molar-refractivity contribution in [3.8, 4) is 0 Å². The molecular weight excluding hydrogens is 253 g/mol. The van der Waals surface area contributed by atoms with Crippen molar-refractivity contribution in [1.82, 2.24) is 4.57 Å². The Kier molecular flexibility index (Phi) is 3.28. The average molecular weight is 269 g/mol. The molecule has 0 unspecified atom stereocenters. The van der Waals surface area contributed by atoms with Crippen molar-refractivity contribution in [1.29, 1.82) is 0 Å². The number of rotatable bonds is 3. The van der Waals surface area contributed by atoms with E-state index in [9.17, 15) is 9.50 Å². The Hall–Kier alpha value is -2.13. The summed E-state index contributed by atoms with van der Waals surface area (Å²) in [7, 11) is 0. The normalized spacial score (nSPS) is 11.2. The molecule has 20 heavy (non-hydrogen) atoms.